The molecule has 2 aliphatic rings. The molecule has 148 valence electrons. The number of hydrogen-bond donors (Lipinski definition) is 0. The Morgan fingerprint density at radius 3 is 2.71 bits per heavy atom. The zero-order valence-electron chi connectivity index (χ0n) is 16.6. The molecule has 28 heavy (non-hydrogen) atoms. The van der Waals surface area contributed by atoms with Crippen molar-refractivity contribution >= 4 is 5.91 Å². The lowest BCUT2D eigenvalue weighted by atomic mass is 10.1. The van der Waals surface area contributed by atoms with Gasteiger partial charge in [0.1, 0.15) is 5.75 Å². The summed E-state index contributed by atoms with van der Waals surface area (Å²) in [5.74, 6) is 1.14. The molecule has 2 aliphatic heterocycles. The number of amides is 1. The molecular weight excluding hydrogens is 350 g/mol. The molecule has 0 aliphatic carbocycles. The summed E-state index contributed by atoms with van der Waals surface area (Å²) < 4.78 is 5.47. The van der Waals surface area contributed by atoms with E-state index < -0.39 is 0 Å². The Morgan fingerprint density at radius 1 is 1.07 bits per heavy atom. The first-order chi connectivity index (χ1) is 13.7. The predicted molar refractivity (Wildman–Crippen MR) is 109 cm³/mol. The largest absolute Gasteiger partial charge is 0.496 e. The molecule has 1 aromatic heterocycles. The van der Waals surface area contributed by atoms with E-state index in [1.165, 1.54) is 12.8 Å². The molecule has 0 bridgehead atoms. The maximum absolute atomic E-state index is 12.9. The molecule has 0 saturated carbocycles. The summed E-state index contributed by atoms with van der Waals surface area (Å²) in [4.78, 5) is 22.1. The Balaban J connectivity index is 1.49. The third kappa shape index (κ3) is 4.20. The molecule has 1 atom stereocenters. The minimum Gasteiger partial charge on any atom is -0.496 e. The molecule has 0 spiro atoms. The zero-order chi connectivity index (χ0) is 19.3. The van der Waals surface area contributed by atoms with Crippen LogP contribution in [0.2, 0.25) is 0 Å². The fourth-order valence-electron chi connectivity index (χ4n) is 4.42. The number of para-hydroxylation sites is 1. The van der Waals surface area contributed by atoms with Crippen molar-refractivity contribution in [3.63, 3.8) is 0 Å². The number of benzene rings is 1. The first-order valence-electron chi connectivity index (χ1n) is 10.3. The highest BCUT2D eigenvalue weighted by molar-refractivity contribution is 5.79. The van der Waals surface area contributed by atoms with Gasteiger partial charge in [-0.2, -0.15) is 0 Å². The Morgan fingerprint density at radius 2 is 1.89 bits per heavy atom. The molecule has 4 rings (SSSR count). The van der Waals surface area contributed by atoms with E-state index in [1.54, 1.807) is 7.11 Å². The average molecular weight is 380 g/mol. The molecule has 2 aromatic rings. The van der Waals surface area contributed by atoms with Crippen LogP contribution in [0.4, 0.5) is 0 Å². The van der Waals surface area contributed by atoms with Crippen LogP contribution in [0.15, 0.2) is 42.5 Å². The lowest BCUT2D eigenvalue weighted by Crippen LogP contribution is -2.39. The van der Waals surface area contributed by atoms with Crippen molar-refractivity contribution in [3.8, 4) is 5.75 Å². The Hall–Kier alpha value is -2.40. The zero-order valence-corrected chi connectivity index (χ0v) is 16.6. The highest BCUT2D eigenvalue weighted by atomic mass is 16.5. The van der Waals surface area contributed by atoms with Crippen molar-refractivity contribution in [1.29, 1.82) is 0 Å². The summed E-state index contributed by atoms with van der Waals surface area (Å²) in [5.41, 5.74) is 3.16. The number of methoxy groups -OCH3 is 1. The van der Waals surface area contributed by atoms with E-state index in [1.807, 2.05) is 23.1 Å². The second-order valence-corrected chi connectivity index (χ2v) is 7.77. The monoisotopic (exact) mass is 379 g/mol. The standard InChI is InChI=1S/C23H29N3O2/c1-28-22-12-3-2-8-18(22)16-19-9-6-10-20(24-19)21-11-7-15-26(21)23(27)17-25-13-4-5-14-25/h2-3,6,8-10,12,21H,4-5,7,11,13-17H2,1H3/t21-/m1/s1. The van der Waals surface area contributed by atoms with Crippen molar-refractivity contribution in [2.24, 2.45) is 0 Å². The van der Waals surface area contributed by atoms with Crippen LogP contribution in [-0.4, -0.2) is 54.0 Å². The van der Waals surface area contributed by atoms with Crippen LogP contribution >= 0.6 is 0 Å². The highest BCUT2D eigenvalue weighted by Crippen LogP contribution is 2.31. The molecule has 0 N–H and O–H groups in total. The van der Waals surface area contributed by atoms with Gasteiger partial charge in [-0.1, -0.05) is 24.3 Å². The minimum atomic E-state index is 0.104. The van der Waals surface area contributed by atoms with Gasteiger partial charge in [-0.3, -0.25) is 14.7 Å². The molecule has 5 nitrogen and oxygen atoms in total. The van der Waals surface area contributed by atoms with Gasteiger partial charge in [0.2, 0.25) is 5.91 Å². The second kappa shape index (κ2) is 8.74. The molecule has 5 heteroatoms. The number of likely N-dealkylation sites (tertiary alicyclic amines) is 2. The van der Waals surface area contributed by atoms with Gasteiger partial charge < -0.3 is 9.64 Å². The van der Waals surface area contributed by atoms with Gasteiger partial charge in [0.05, 0.1) is 25.4 Å². The van der Waals surface area contributed by atoms with E-state index >= 15 is 0 Å². The molecule has 0 radical (unpaired) electrons. The fourth-order valence-corrected chi connectivity index (χ4v) is 4.42. The molecule has 2 fully saturated rings. The van der Waals surface area contributed by atoms with Crippen LogP contribution in [-0.2, 0) is 11.2 Å². The quantitative estimate of drug-likeness (QED) is 0.771. The fraction of sp³-hybridized carbons (Fsp3) is 0.478. The third-order valence-electron chi connectivity index (χ3n) is 5.86. The lowest BCUT2D eigenvalue weighted by molar-refractivity contribution is -0.133. The number of hydrogen-bond acceptors (Lipinski definition) is 4. The number of carbonyl (C=O) groups excluding carboxylic acids is 1. The molecule has 3 heterocycles. The van der Waals surface area contributed by atoms with Gasteiger partial charge in [0.15, 0.2) is 0 Å². The van der Waals surface area contributed by atoms with Crippen molar-refractivity contribution in [1.82, 2.24) is 14.8 Å². The van der Waals surface area contributed by atoms with E-state index in [-0.39, 0.29) is 11.9 Å². The molecular formula is C23H29N3O2. The number of carbonyl (C=O) groups is 1. The lowest BCUT2D eigenvalue weighted by Gasteiger charge is -2.27. The number of ether oxygens (including phenoxy) is 1. The number of rotatable bonds is 6. The van der Waals surface area contributed by atoms with Gasteiger partial charge >= 0.3 is 0 Å². The van der Waals surface area contributed by atoms with Gasteiger partial charge in [-0.15, -0.1) is 0 Å². The van der Waals surface area contributed by atoms with E-state index in [9.17, 15) is 4.79 Å². The van der Waals surface area contributed by atoms with Gasteiger partial charge in [0.25, 0.3) is 0 Å². The normalized spacial score (nSPS) is 19.9. The van der Waals surface area contributed by atoms with Crippen LogP contribution in [0.5, 0.6) is 5.75 Å². The van der Waals surface area contributed by atoms with Crippen molar-refractivity contribution in [2.45, 2.75) is 38.1 Å². The van der Waals surface area contributed by atoms with Crippen molar-refractivity contribution in [3.05, 3.63) is 59.4 Å². The number of aromatic nitrogens is 1. The summed E-state index contributed by atoms with van der Waals surface area (Å²) in [7, 11) is 1.70. The molecule has 1 aromatic carbocycles. The maximum atomic E-state index is 12.9. The number of pyridine rings is 1. The van der Waals surface area contributed by atoms with Crippen LogP contribution in [0.1, 0.15) is 48.7 Å². The van der Waals surface area contributed by atoms with Gasteiger partial charge in [-0.25, -0.2) is 0 Å². The van der Waals surface area contributed by atoms with Crippen LogP contribution in [0.25, 0.3) is 0 Å². The topological polar surface area (TPSA) is 45.7 Å². The van der Waals surface area contributed by atoms with Crippen LogP contribution < -0.4 is 4.74 Å². The first-order valence-corrected chi connectivity index (χ1v) is 10.3. The van der Waals surface area contributed by atoms with E-state index in [0.717, 1.165) is 61.6 Å². The summed E-state index contributed by atoms with van der Waals surface area (Å²) in [5, 5.41) is 0. The SMILES string of the molecule is COc1ccccc1Cc1cccc([C@H]2CCCN2C(=O)CN2CCCC2)n1. The van der Waals surface area contributed by atoms with Crippen LogP contribution in [0, 0.1) is 0 Å². The smallest absolute Gasteiger partial charge is 0.237 e. The van der Waals surface area contributed by atoms with Crippen molar-refractivity contribution < 1.29 is 9.53 Å². The summed E-state index contributed by atoms with van der Waals surface area (Å²) >= 11 is 0. The highest BCUT2D eigenvalue weighted by Gasteiger charge is 2.32. The molecule has 0 unspecified atom stereocenters. The van der Waals surface area contributed by atoms with Crippen molar-refractivity contribution in [2.75, 3.05) is 33.3 Å². The Kier molecular flexibility index (Phi) is 5.91. The second-order valence-electron chi connectivity index (χ2n) is 7.77. The van der Waals surface area contributed by atoms with Gasteiger partial charge in [-0.05, 0) is 57.0 Å². The molecule has 2 saturated heterocycles. The Bertz CT molecular complexity index is 817. The first kappa shape index (κ1) is 18.9. The third-order valence-corrected chi connectivity index (χ3v) is 5.86. The summed E-state index contributed by atoms with van der Waals surface area (Å²) in [6.45, 7) is 3.50. The minimum absolute atomic E-state index is 0.104. The molecule has 1 amide bonds. The van der Waals surface area contributed by atoms with Gasteiger partial charge in [0, 0.05) is 24.2 Å². The summed E-state index contributed by atoms with van der Waals surface area (Å²) in [6, 6.07) is 14.4. The summed E-state index contributed by atoms with van der Waals surface area (Å²) in [6.07, 6.45) is 5.20. The van der Waals surface area contributed by atoms with Crippen LogP contribution in [0.3, 0.4) is 0 Å². The number of nitrogens with zero attached hydrogens (tertiary/aromatic N) is 3. The maximum Gasteiger partial charge on any atom is 0.237 e. The predicted octanol–water partition coefficient (Wildman–Crippen LogP) is 3.44. The van der Waals surface area contributed by atoms with E-state index in [4.69, 9.17) is 9.72 Å². The average Bonchev–Trinajstić information content (AvgIpc) is 3.40. The van der Waals surface area contributed by atoms with E-state index in [2.05, 4.69) is 29.2 Å². The van der Waals surface area contributed by atoms with E-state index in [0.29, 0.717) is 6.54 Å². The Labute approximate surface area is 167 Å².